The van der Waals surface area contributed by atoms with Crippen LogP contribution in [0.4, 0.5) is 5.69 Å². The van der Waals surface area contributed by atoms with Crippen LogP contribution < -0.4 is 10.1 Å². The molecule has 1 N–H and O–H groups in total. The molecule has 0 aliphatic carbocycles. The Morgan fingerprint density at radius 2 is 1.93 bits per heavy atom. The molecule has 148 valence electrons. The Bertz CT molecular complexity index is 769. The average molecular weight is 375 g/mol. The number of nitrogens with one attached hydrogen (secondary N) is 1. The zero-order chi connectivity index (χ0) is 20.4. The van der Waals surface area contributed by atoms with Crippen LogP contribution in [0.3, 0.4) is 0 Å². The largest absolute Gasteiger partial charge is 0.497 e. The van der Waals surface area contributed by atoms with E-state index in [-0.39, 0.29) is 18.9 Å². The van der Waals surface area contributed by atoms with Gasteiger partial charge in [0.2, 0.25) is 5.91 Å². The monoisotopic (exact) mass is 375 g/mol. The van der Waals surface area contributed by atoms with Crippen molar-refractivity contribution in [2.24, 2.45) is 0 Å². The minimum atomic E-state index is -0.483. The summed E-state index contributed by atoms with van der Waals surface area (Å²) < 4.78 is 11.8. The lowest BCUT2D eigenvalue weighted by Gasteiger charge is -2.10. The van der Waals surface area contributed by atoms with Gasteiger partial charge in [-0.25, -0.2) is 9.48 Å². The molecule has 1 aromatic carbocycles. The number of hydrogen-bond donors (Lipinski definition) is 1. The third kappa shape index (κ3) is 5.32. The maximum absolute atomic E-state index is 12.1. The van der Waals surface area contributed by atoms with E-state index in [2.05, 4.69) is 24.3 Å². The number of amides is 1. The van der Waals surface area contributed by atoms with E-state index in [1.807, 2.05) is 13.8 Å². The first-order chi connectivity index (χ1) is 13.0. The van der Waals surface area contributed by atoms with E-state index in [1.165, 1.54) is 12.6 Å². The van der Waals surface area contributed by atoms with E-state index in [9.17, 15) is 9.59 Å². The lowest BCUT2D eigenvalue weighted by Crippen LogP contribution is -2.15. The number of nitrogens with zero attached hydrogens (tertiary/aromatic N) is 2. The maximum Gasteiger partial charge on any atom is 0.341 e. The lowest BCUT2D eigenvalue weighted by atomic mass is 10.2. The van der Waals surface area contributed by atoms with Gasteiger partial charge in [0, 0.05) is 6.07 Å². The van der Waals surface area contributed by atoms with Gasteiger partial charge in [-0.05, 0) is 19.1 Å². The molecule has 0 fully saturated rings. The molecule has 27 heavy (non-hydrogen) atoms. The van der Waals surface area contributed by atoms with Crippen molar-refractivity contribution in [3.63, 3.8) is 0 Å². The molecular formula is C20H29N3O4. The number of ether oxygens (including phenoxy) is 2. The first-order valence-corrected chi connectivity index (χ1v) is 9.27. The highest BCUT2D eigenvalue weighted by Crippen LogP contribution is 2.30. The molecule has 0 saturated heterocycles. The molecule has 1 aliphatic heterocycles. The predicted molar refractivity (Wildman–Crippen MR) is 106 cm³/mol. The highest BCUT2D eigenvalue weighted by molar-refractivity contribution is 5.99. The Kier molecular flexibility index (Phi) is 9.05. The molecule has 0 radical (unpaired) electrons. The topological polar surface area (TPSA) is 82.5 Å². The van der Waals surface area contributed by atoms with Gasteiger partial charge in [-0.3, -0.25) is 4.79 Å². The van der Waals surface area contributed by atoms with E-state index in [0.717, 1.165) is 0 Å². The van der Waals surface area contributed by atoms with Crippen molar-refractivity contribution in [2.75, 3.05) is 19.0 Å². The van der Waals surface area contributed by atoms with E-state index >= 15 is 0 Å². The highest BCUT2D eigenvalue weighted by Gasteiger charge is 2.26. The Balaban J connectivity index is 0.000000665. The van der Waals surface area contributed by atoms with Gasteiger partial charge in [-0.15, -0.1) is 0 Å². The smallest absolute Gasteiger partial charge is 0.341 e. The van der Waals surface area contributed by atoms with Gasteiger partial charge in [0.05, 0.1) is 43.4 Å². The molecule has 0 unspecified atom stereocenters. The van der Waals surface area contributed by atoms with Crippen LogP contribution in [0.15, 0.2) is 24.4 Å². The Hall–Kier alpha value is -2.83. The molecule has 0 saturated carbocycles. The number of hydrogen-bond acceptors (Lipinski definition) is 5. The van der Waals surface area contributed by atoms with Gasteiger partial charge < -0.3 is 14.8 Å². The van der Waals surface area contributed by atoms with Crippen LogP contribution in [-0.4, -0.2) is 35.4 Å². The van der Waals surface area contributed by atoms with Crippen molar-refractivity contribution in [1.82, 2.24) is 9.78 Å². The van der Waals surface area contributed by atoms with E-state index in [4.69, 9.17) is 9.47 Å². The van der Waals surface area contributed by atoms with Crippen LogP contribution in [0.25, 0.3) is 5.69 Å². The first-order valence-electron chi connectivity index (χ1n) is 9.27. The van der Waals surface area contributed by atoms with Crippen molar-refractivity contribution < 1.29 is 19.1 Å². The molecular weight excluding hydrogens is 346 g/mol. The van der Waals surface area contributed by atoms with E-state index < -0.39 is 5.97 Å². The van der Waals surface area contributed by atoms with Crippen molar-refractivity contribution >= 4 is 17.6 Å². The van der Waals surface area contributed by atoms with Gasteiger partial charge in [0.25, 0.3) is 0 Å². The number of benzene rings is 1. The van der Waals surface area contributed by atoms with Gasteiger partial charge in [-0.2, -0.15) is 5.10 Å². The number of carbonyl (C=O) groups is 2. The molecule has 2 heterocycles. The van der Waals surface area contributed by atoms with Crippen LogP contribution in [0.2, 0.25) is 0 Å². The number of aromatic nitrogens is 2. The fraction of sp³-hybridized carbons (Fsp3) is 0.450. The van der Waals surface area contributed by atoms with Crippen LogP contribution in [-0.2, 0) is 16.0 Å². The van der Waals surface area contributed by atoms with Crippen molar-refractivity contribution in [3.05, 3.63) is 35.7 Å². The molecule has 1 aromatic heterocycles. The number of esters is 1. The first kappa shape index (κ1) is 22.2. The summed E-state index contributed by atoms with van der Waals surface area (Å²) in [4.78, 5) is 24.1. The van der Waals surface area contributed by atoms with Crippen LogP contribution in [0.1, 0.15) is 57.1 Å². The standard InChI is InChI=1S/C15H15N3O4.C3H8.C2H6/c1-3-22-15(20)10-8-16-18-12(10)7-14(19)17-11-5-4-9(21-2)6-13(11)18;1-3-2;1-2/h4-6,8H,3,7H2,1-2H3,(H,17,19);3H2,1-2H3;1-2H3. The number of methoxy groups -OCH3 is 1. The summed E-state index contributed by atoms with van der Waals surface area (Å²) in [5.41, 5.74) is 2.06. The zero-order valence-corrected chi connectivity index (χ0v) is 17.0. The second kappa shape index (κ2) is 11.0. The summed E-state index contributed by atoms with van der Waals surface area (Å²) in [6.07, 6.45) is 2.72. The van der Waals surface area contributed by atoms with Gasteiger partial charge in [-0.1, -0.05) is 34.1 Å². The van der Waals surface area contributed by atoms with Gasteiger partial charge in [0.15, 0.2) is 0 Å². The van der Waals surface area contributed by atoms with Gasteiger partial charge >= 0.3 is 5.97 Å². The lowest BCUT2D eigenvalue weighted by molar-refractivity contribution is -0.115. The summed E-state index contributed by atoms with van der Waals surface area (Å²) in [5.74, 6) is -0.0619. The highest BCUT2D eigenvalue weighted by atomic mass is 16.5. The number of anilines is 1. The van der Waals surface area contributed by atoms with Crippen molar-refractivity contribution in [1.29, 1.82) is 0 Å². The van der Waals surface area contributed by atoms with Crippen molar-refractivity contribution in [2.45, 2.75) is 47.5 Å². The normalized spacial score (nSPS) is 11.3. The summed E-state index contributed by atoms with van der Waals surface area (Å²) in [6.45, 7) is 10.2. The van der Waals surface area contributed by atoms with Crippen LogP contribution >= 0.6 is 0 Å². The molecule has 1 aliphatic rings. The molecule has 7 nitrogen and oxygen atoms in total. The minimum Gasteiger partial charge on any atom is -0.497 e. The van der Waals surface area contributed by atoms with E-state index in [1.54, 1.807) is 36.9 Å². The number of rotatable bonds is 3. The molecule has 0 bridgehead atoms. The summed E-state index contributed by atoms with van der Waals surface area (Å²) in [7, 11) is 1.56. The molecule has 1 amide bonds. The second-order valence-electron chi connectivity index (χ2n) is 5.45. The maximum atomic E-state index is 12.1. The summed E-state index contributed by atoms with van der Waals surface area (Å²) in [5, 5.41) is 7.04. The SMILES string of the molecule is CC.CCC.CCOC(=O)c1cnn2c1CC(=O)Nc1ccc(OC)cc1-2. The number of carbonyl (C=O) groups excluding carboxylic acids is 2. The molecule has 0 spiro atoms. The molecule has 2 aromatic rings. The second-order valence-corrected chi connectivity index (χ2v) is 5.45. The zero-order valence-electron chi connectivity index (χ0n) is 17.0. The fourth-order valence-corrected chi connectivity index (χ4v) is 2.40. The minimum absolute atomic E-state index is 0.0468. The quantitative estimate of drug-likeness (QED) is 0.820. The molecule has 0 atom stereocenters. The molecule has 3 rings (SSSR count). The average Bonchev–Trinajstić information content (AvgIpc) is 3.02. The third-order valence-electron chi connectivity index (χ3n) is 3.40. The Morgan fingerprint density at radius 1 is 1.26 bits per heavy atom. The Morgan fingerprint density at radius 3 is 2.52 bits per heavy atom. The fourth-order valence-electron chi connectivity index (χ4n) is 2.40. The summed E-state index contributed by atoms with van der Waals surface area (Å²) in [6, 6.07) is 5.25. The van der Waals surface area contributed by atoms with E-state index in [0.29, 0.717) is 28.4 Å². The van der Waals surface area contributed by atoms with Crippen molar-refractivity contribution in [3.8, 4) is 11.4 Å². The molecule has 7 heteroatoms. The van der Waals surface area contributed by atoms with Gasteiger partial charge in [0.1, 0.15) is 11.3 Å². The Labute approximate surface area is 160 Å². The predicted octanol–water partition coefficient (Wildman–Crippen LogP) is 3.99. The number of fused-ring (bicyclic) bond motifs is 3. The van der Waals surface area contributed by atoms with Crippen LogP contribution in [0, 0.1) is 0 Å². The third-order valence-corrected chi connectivity index (χ3v) is 3.40. The van der Waals surface area contributed by atoms with Crippen LogP contribution in [0.5, 0.6) is 5.75 Å². The summed E-state index contributed by atoms with van der Waals surface area (Å²) >= 11 is 0.